The summed E-state index contributed by atoms with van der Waals surface area (Å²) < 4.78 is 10.2. The molecule has 2 rings (SSSR count). The highest BCUT2D eigenvalue weighted by molar-refractivity contribution is 6.39. The van der Waals surface area contributed by atoms with Gasteiger partial charge in [0.05, 0.1) is 11.5 Å². The van der Waals surface area contributed by atoms with Crippen molar-refractivity contribution in [2.45, 2.75) is 39.7 Å². The average Bonchev–Trinajstić information content (AvgIpc) is 2.71. The van der Waals surface area contributed by atoms with Crippen LogP contribution in [0.4, 0.5) is 5.69 Å². The Bertz CT molecular complexity index is 1000. The smallest absolute Gasteiger partial charge is 0.379 e. The van der Waals surface area contributed by atoms with Gasteiger partial charge in [0.1, 0.15) is 12.4 Å². The molecule has 2 aromatic carbocycles. The minimum atomic E-state index is -1.12. The van der Waals surface area contributed by atoms with Gasteiger partial charge in [0, 0.05) is 17.7 Å². The van der Waals surface area contributed by atoms with E-state index in [4.69, 9.17) is 4.74 Å². The van der Waals surface area contributed by atoms with Gasteiger partial charge in [-0.3, -0.25) is 14.9 Å². The van der Waals surface area contributed by atoms with Gasteiger partial charge in [0.15, 0.2) is 5.75 Å². The Labute approximate surface area is 180 Å². The molecular weight excluding hydrogens is 402 g/mol. The molecule has 0 aliphatic carbocycles. The molecule has 0 atom stereocenters. The van der Waals surface area contributed by atoms with E-state index in [1.54, 1.807) is 0 Å². The number of aliphatic hydroxyl groups excluding tert-OH is 1. The number of ether oxygens (including phenoxy) is 2. The lowest BCUT2D eigenvalue weighted by Crippen LogP contribution is -2.15. The fourth-order valence-corrected chi connectivity index (χ4v) is 2.67. The number of carbonyl (C=O) groups excluding carboxylic acids is 2. The first-order valence-electron chi connectivity index (χ1n) is 9.65. The molecule has 0 saturated heterocycles. The number of carbonyl (C=O) groups is 2. The van der Waals surface area contributed by atoms with E-state index in [1.165, 1.54) is 19.1 Å². The predicted molar refractivity (Wildman–Crippen MR) is 115 cm³/mol. The van der Waals surface area contributed by atoms with Gasteiger partial charge in [-0.1, -0.05) is 45.0 Å². The van der Waals surface area contributed by atoms with Crippen molar-refractivity contribution in [2.24, 2.45) is 0 Å². The summed E-state index contributed by atoms with van der Waals surface area (Å²) in [6, 6.07) is 11.5. The molecule has 31 heavy (non-hydrogen) atoms. The van der Waals surface area contributed by atoms with E-state index >= 15 is 0 Å². The minimum absolute atomic E-state index is 0.00812. The van der Waals surface area contributed by atoms with Crippen LogP contribution >= 0.6 is 0 Å². The van der Waals surface area contributed by atoms with Crippen LogP contribution in [0.1, 0.15) is 44.4 Å². The van der Waals surface area contributed by atoms with E-state index in [0.29, 0.717) is 6.08 Å². The standard InChI is InChI=1S/C23H25NO7/c1-5-30-22(27)20(26)13-19(25)16-8-11-21(18(12-16)24(28)29)31-14-15-6-9-17(10-7-15)23(2,3)4/h6-13,25H,5,14H2,1-4H3/b19-13-. The van der Waals surface area contributed by atoms with E-state index in [-0.39, 0.29) is 35.6 Å². The zero-order chi connectivity index (χ0) is 23.2. The third kappa shape index (κ3) is 6.40. The van der Waals surface area contributed by atoms with Crippen LogP contribution in [-0.2, 0) is 26.3 Å². The maximum atomic E-state index is 11.7. The highest BCUT2D eigenvalue weighted by atomic mass is 16.6. The van der Waals surface area contributed by atoms with Gasteiger partial charge in [-0.15, -0.1) is 0 Å². The molecule has 0 amide bonds. The van der Waals surface area contributed by atoms with Crippen LogP contribution in [0.15, 0.2) is 48.5 Å². The molecule has 0 spiro atoms. The SMILES string of the molecule is CCOC(=O)C(=O)/C=C(\O)c1ccc(OCc2ccc(C(C)(C)C)cc2)c([N+](=O)[O-])c1. The summed E-state index contributed by atoms with van der Waals surface area (Å²) in [5, 5.41) is 21.5. The number of benzene rings is 2. The first-order valence-corrected chi connectivity index (χ1v) is 9.65. The summed E-state index contributed by atoms with van der Waals surface area (Å²) in [7, 11) is 0. The van der Waals surface area contributed by atoms with Gasteiger partial charge in [-0.2, -0.15) is 0 Å². The van der Waals surface area contributed by atoms with Crippen LogP contribution in [0.25, 0.3) is 5.76 Å². The monoisotopic (exact) mass is 427 g/mol. The molecule has 8 nitrogen and oxygen atoms in total. The zero-order valence-corrected chi connectivity index (χ0v) is 17.9. The van der Waals surface area contributed by atoms with Crippen LogP contribution in [0.2, 0.25) is 0 Å². The highest BCUT2D eigenvalue weighted by Gasteiger charge is 2.20. The van der Waals surface area contributed by atoms with Crippen molar-refractivity contribution in [3.63, 3.8) is 0 Å². The fraction of sp³-hybridized carbons (Fsp3) is 0.304. The minimum Gasteiger partial charge on any atom is -0.507 e. The molecular formula is C23H25NO7. The van der Waals surface area contributed by atoms with E-state index < -0.39 is 22.4 Å². The third-order valence-electron chi connectivity index (χ3n) is 4.41. The van der Waals surface area contributed by atoms with E-state index in [1.807, 2.05) is 24.3 Å². The van der Waals surface area contributed by atoms with Gasteiger partial charge < -0.3 is 14.6 Å². The summed E-state index contributed by atoms with van der Waals surface area (Å²) in [5.41, 5.74) is 1.62. The Morgan fingerprint density at radius 2 is 1.77 bits per heavy atom. The Kier molecular flexibility index (Phi) is 7.52. The molecule has 2 aromatic rings. The number of aliphatic hydroxyl groups is 1. The summed E-state index contributed by atoms with van der Waals surface area (Å²) in [6.45, 7) is 7.98. The van der Waals surface area contributed by atoms with Gasteiger partial charge in [-0.05, 0) is 35.6 Å². The molecule has 0 fully saturated rings. The normalized spacial score (nSPS) is 11.7. The molecule has 0 radical (unpaired) electrons. The van der Waals surface area contributed by atoms with Gasteiger partial charge in [0.25, 0.3) is 5.78 Å². The molecule has 0 heterocycles. The fourth-order valence-electron chi connectivity index (χ4n) is 2.67. The van der Waals surface area contributed by atoms with Gasteiger partial charge >= 0.3 is 11.7 Å². The number of hydrogen-bond donors (Lipinski definition) is 1. The lowest BCUT2D eigenvalue weighted by atomic mass is 9.87. The summed E-state index contributed by atoms with van der Waals surface area (Å²) >= 11 is 0. The van der Waals surface area contributed by atoms with Crippen LogP contribution in [0.3, 0.4) is 0 Å². The molecule has 164 valence electrons. The quantitative estimate of drug-likeness (QED) is 0.165. The Hall–Kier alpha value is -3.68. The number of esters is 1. The van der Waals surface area contributed by atoms with Crippen LogP contribution < -0.4 is 4.74 Å². The number of hydrogen-bond acceptors (Lipinski definition) is 7. The lowest BCUT2D eigenvalue weighted by Gasteiger charge is -2.19. The number of nitro benzene ring substituents is 1. The molecule has 8 heteroatoms. The average molecular weight is 427 g/mol. The zero-order valence-electron chi connectivity index (χ0n) is 17.9. The molecule has 0 saturated carbocycles. The summed E-state index contributed by atoms with van der Waals surface area (Å²) in [6.07, 6.45) is 0.661. The molecule has 0 aliphatic rings. The number of ketones is 1. The van der Waals surface area contributed by atoms with Crippen molar-refractivity contribution in [1.82, 2.24) is 0 Å². The van der Waals surface area contributed by atoms with Crippen molar-refractivity contribution in [3.8, 4) is 5.75 Å². The topological polar surface area (TPSA) is 116 Å². The maximum Gasteiger partial charge on any atom is 0.379 e. The molecule has 0 aromatic heterocycles. The van der Waals surface area contributed by atoms with Gasteiger partial charge in [-0.25, -0.2) is 4.79 Å². The second-order valence-electron chi connectivity index (χ2n) is 7.79. The predicted octanol–water partition coefficient (Wildman–Crippen LogP) is 4.50. The lowest BCUT2D eigenvalue weighted by molar-refractivity contribution is -0.386. The number of nitrogens with zero attached hydrogens (tertiary/aromatic N) is 1. The third-order valence-corrected chi connectivity index (χ3v) is 4.41. The number of rotatable bonds is 8. The highest BCUT2D eigenvalue weighted by Crippen LogP contribution is 2.31. The van der Waals surface area contributed by atoms with E-state index in [2.05, 4.69) is 25.5 Å². The molecule has 1 N–H and O–H groups in total. The van der Waals surface area contributed by atoms with Crippen molar-refractivity contribution >= 4 is 23.2 Å². The Balaban J connectivity index is 2.19. The summed E-state index contributed by atoms with van der Waals surface area (Å²) in [4.78, 5) is 33.9. The van der Waals surface area contributed by atoms with Crippen molar-refractivity contribution in [1.29, 1.82) is 0 Å². The van der Waals surface area contributed by atoms with Crippen molar-refractivity contribution in [3.05, 3.63) is 75.3 Å². The molecule has 0 aliphatic heterocycles. The van der Waals surface area contributed by atoms with E-state index in [9.17, 15) is 24.8 Å². The number of nitro groups is 1. The van der Waals surface area contributed by atoms with Crippen LogP contribution in [0, 0.1) is 10.1 Å². The second-order valence-corrected chi connectivity index (χ2v) is 7.79. The summed E-state index contributed by atoms with van der Waals surface area (Å²) in [5.74, 6) is -2.77. The van der Waals surface area contributed by atoms with Crippen molar-refractivity contribution in [2.75, 3.05) is 6.61 Å². The van der Waals surface area contributed by atoms with Crippen LogP contribution in [0.5, 0.6) is 5.75 Å². The van der Waals surface area contributed by atoms with E-state index in [0.717, 1.165) is 17.2 Å². The molecule has 0 unspecified atom stereocenters. The Morgan fingerprint density at radius 3 is 2.32 bits per heavy atom. The first-order chi connectivity index (χ1) is 14.5. The first kappa shape index (κ1) is 23.6. The molecule has 0 bridgehead atoms. The Morgan fingerprint density at radius 1 is 1.13 bits per heavy atom. The largest absolute Gasteiger partial charge is 0.507 e. The van der Waals surface area contributed by atoms with Crippen molar-refractivity contribution < 1.29 is 29.1 Å². The maximum absolute atomic E-state index is 11.7. The second kappa shape index (κ2) is 9.88. The van der Waals surface area contributed by atoms with Gasteiger partial charge in [0.2, 0.25) is 0 Å². The van der Waals surface area contributed by atoms with Crippen LogP contribution in [-0.4, -0.2) is 28.4 Å².